The number of para-hydroxylation sites is 1. The van der Waals surface area contributed by atoms with Crippen molar-refractivity contribution >= 4 is 74.4 Å². The normalized spacial score (nSPS) is 14.2. The lowest BCUT2D eigenvalue weighted by atomic mass is 10.1. The van der Waals surface area contributed by atoms with Crippen LogP contribution in [0.2, 0.25) is 0 Å². The van der Waals surface area contributed by atoms with Crippen molar-refractivity contribution in [1.82, 2.24) is 5.32 Å². The highest BCUT2D eigenvalue weighted by atomic mass is 79.9. The first kappa shape index (κ1) is 27.5. The van der Waals surface area contributed by atoms with Crippen molar-refractivity contribution in [2.75, 3.05) is 23.9 Å². The zero-order chi connectivity index (χ0) is 28.1. The third-order valence-electron chi connectivity index (χ3n) is 5.42. The molecule has 1 saturated heterocycles. The molecule has 0 aliphatic carbocycles. The fourth-order valence-electron chi connectivity index (χ4n) is 3.66. The number of carboxylic acid groups (broad SMARTS) is 1. The van der Waals surface area contributed by atoms with Crippen LogP contribution in [0.1, 0.15) is 15.9 Å². The molecule has 0 saturated carbocycles. The molecule has 0 spiro atoms. The second kappa shape index (κ2) is 11.9. The topological polar surface area (TPSA) is 134 Å². The third kappa shape index (κ3) is 6.30. The SMILES string of the molecule is COc1cc(C=C2C(=O)NC(=S)N(c3cccc(C(=O)O)c3)C2=O)cc(Br)c1OCC(=O)Nc1ccccc1. The molecule has 0 aromatic heterocycles. The summed E-state index contributed by atoms with van der Waals surface area (Å²) >= 11 is 8.57. The molecule has 1 aliphatic heterocycles. The van der Waals surface area contributed by atoms with Crippen LogP contribution in [0.5, 0.6) is 11.5 Å². The Bertz CT molecular complexity index is 1530. The number of halogens is 1. The molecular formula is C27H20BrN3O7S. The largest absolute Gasteiger partial charge is 0.493 e. The van der Waals surface area contributed by atoms with E-state index in [1.165, 1.54) is 43.5 Å². The number of methoxy groups -OCH3 is 1. The Hall–Kier alpha value is -4.55. The van der Waals surface area contributed by atoms with E-state index in [-0.39, 0.29) is 45.9 Å². The number of nitrogens with one attached hydrogen (secondary N) is 2. The van der Waals surface area contributed by atoms with E-state index < -0.39 is 17.8 Å². The first-order valence-electron chi connectivity index (χ1n) is 11.3. The molecular weight excluding hydrogens is 590 g/mol. The molecule has 3 aromatic rings. The Morgan fingerprint density at radius 1 is 1.10 bits per heavy atom. The smallest absolute Gasteiger partial charge is 0.335 e. The average molecular weight is 610 g/mol. The number of carboxylic acids is 1. The van der Waals surface area contributed by atoms with E-state index in [0.29, 0.717) is 15.7 Å². The van der Waals surface area contributed by atoms with Crippen LogP contribution in [-0.4, -0.2) is 47.6 Å². The molecule has 10 nitrogen and oxygen atoms in total. The fourth-order valence-corrected chi connectivity index (χ4v) is 4.51. The quantitative estimate of drug-likeness (QED) is 0.198. The molecule has 1 aliphatic rings. The third-order valence-corrected chi connectivity index (χ3v) is 6.29. The Balaban J connectivity index is 1.58. The van der Waals surface area contributed by atoms with Gasteiger partial charge < -0.3 is 19.9 Å². The van der Waals surface area contributed by atoms with E-state index in [0.717, 1.165) is 4.90 Å². The van der Waals surface area contributed by atoms with Crippen LogP contribution in [-0.2, 0) is 14.4 Å². The predicted molar refractivity (Wildman–Crippen MR) is 151 cm³/mol. The number of nitrogens with zero attached hydrogens (tertiary/aromatic N) is 1. The highest BCUT2D eigenvalue weighted by molar-refractivity contribution is 9.10. The molecule has 4 rings (SSSR count). The van der Waals surface area contributed by atoms with Crippen LogP contribution in [0.25, 0.3) is 6.08 Å². The summed E-state index contributed by atoms with van der Waals surface area (Å²) in [6.07, 6.45) is 1.34. The lowest BCUT2D eigenvalue weighted by Crippen LogP contribution is -2.54. The van der Waals surface area contributed by atoms with Gasteiger partial charge in [-0.1, -0.05) is 24.3 Å². The monoisotopic (exact) mass is 609 g/mol. The molecule has 1 heterocycles. The molecule has 3 amide bonds. The highest BCUT2D eigenvalue weighted by Crippen LogP contribution is 2.37. The molecule has 0 radical (unpaired) electrons. The second-order valence-corrected chi connectivity index (χ2v) is 9.29. The number of hydrogen-bond donors (Lipinski definition) is 3. The number of carbonyl (C=O) groups is 4. The maximum Gasteiger partial charge on any atom is 0.335 e. The number of carbonyl (C=O) groups excluding carboxylic acids is 3. The van der Waals surface area contributed by atoms with Gasteiger partial charge in [-0.3, -0.25) is 24.6 Å². The first-order chi connectivity index (χ1) is 18.7. The minimum Gasteiger partial charge on any atom is -0.493 e. The summed E-state index contributed by atoms with van der Waals surface area (Å²) in [6, 6.07) is 17.7. The lowest BCUT2D eigenvalue weighted by molar-refractivity contribution is -0.122. The number of hydrogen-bond acceptors (Lipinski definition) is 7. The summed E-state index contributed by atoms with van der Waals surface area (Å²) in [7, 11) is 1.41. The number of anilines is 2. The minimum atomic E-state index is -1.18. The predicted octanol–water partition coefficient (Wildman–Crippen LogP) is 4.00. The number of aromatic carboxylic acids is 1. The Morgan fingerprint density at radius 3 is 2.54 bits per heavy atom. The van der Waals surface area contributed by atoms with Crippen molar-refractivity contribution in [2.24, 2.45) is 0 Å². The van der Waals surface area contributed by atoms with E-state index in [2.05, 4.69) is 26.6 Å². The zero-order valence-electron chi connectivity index (χ0n) is 20.3. The number of ether oxygens (including phenoxy) is 2. The van der Waals surface area contributed by atoms with E-state index in [1.54, 1.807) is 30.3 Å². The highest BCUT2D eigenvalue weighted by Gasteiger charge is 2.35. The Labute approximate surface area is 236 Å². The standard InChI is InChI=1S/C27H20BrN3O7S/c1-37-21-12-15(11-20(28)23(21)38-14-22(32)29-17-7-3-2-4-8-17)10-19-24(33)30-27(39)31(25(19)34)18-9-5-6-16(13-18)26(35)36/h2-13H,14H2,1H3,(H,29,32)(H,35,36)(H,30,33,39). The summed E-state index contributed by atoms with van der Waals surface area (Å²) in [5, 5.41) is 14.3. The first-order valence-corrected chi connectivity index (χ1v) is 12.5. The average Bonchev–Trinajstić information content (AvgIpc) is 2.90. The van der Waals surface area contributed by atoms with Gasteiger partial charge in [-0.15, -0.1) is 0 Å². The summed E-state index contributed by atoms with van der Waals surface area (Å²) in [4.78, 5) is 50.7. The number of amides is 3. The van der Waals surface area contributed by atoms with Crippen LogP contribution in [0, 0.1) is 0 Å². The van der Waals surface area contributed by atoms with Gasteiger partial charge in [0.05, 0.1) is 22.8 Å². The number of benzene rings is 3. The van der Waals surface area contributed by atoms with Gasteiger partial charge in [0.25, 0.3) is 17.7 Å². The van der Waals surface area contributed by atoms with Crippen LogP contribution >= 0.6 is 28.1 Å². The molecule has 0 bridgehead atoms. The maximum absolute atomic E-state index is 13.3. The van der Waals surface area contributed by atoms with Gasteiger partial charge in [0.1, 0.15) is 5.57 Å². The van der Waals surface area contributed by atoms with Crippen molar-refractivity contribution in [1.29, 1.82) is 0 Å². The molecule has 0 unspecified atom stereocenters. The van der Waals surface area contributed by atoms with Crippen molar-refractivity contribution < 1.29 is 33.8 Å². The van der Waals surface area contributed by atoms with Gasteiger partial charge in [-0.05, 0) is 82.3 Å². The van der Waals surface area contributed by atoms with Crippen LogP contribution in [0.3, 0.4) is 0 Å². The Morgan fingerprint density at radius 2 is 1.85 bits per heavy atom. The molecule has 39 heavy (non-hydrogen) atoms. The maximum atomic E-state index is 13.3. The van der Waals surface area contributed by atoms with Crippen molar-refractivity contribution in [3.8, 4) is 11.5 Å². The molecule has 3 N–H and O–H groups in total. The van der Waals surface area contributed by atoms with Gasteiger partial charge in [0.15, 0.2) is 23.2 Å². The molecule has 198 valence electrons. The van der Waals surface area contributed by atoms with Gasteiger partial charge in [0.2, 0.25) is 0 Å². The molecule has 0 atom stereocenters. The van der Waals surface area contributed by atoms with Gasteiger partial charge in [-0.2, -0.15) is 0 Å². The van der Waals surface area contributed by atoms with Crippen LogP contribution < -0.4 is 25.0 Å². The van der Waals surface area contributed by atoms with E-state index >= 15 is 0 Å². The summed E-state index contributed by atoms with van der Waals surface area (Å²) in [6.45, 7) is -0.299. The molecule has 1 fully saturated rings. The van der Waals surface area contributed by atoms with Gasteiger partial charge >= 0.3 is 5.97 Å². The molecule has 12 heteroatoms. The van der Waals surface area contributed by atoms with Gasteiger partial charge in [0, 0.05) is 5.69 Å². The minimum absolute atomic E-state index is 0.0489. The Kier molecular flexibility index (Phi) is 8.37. The lowest BCUT2D eigenvalue weighted by Gasteiger charge is -2.29. The van der Waals surface area contributed by atoms with E-state index in [4.69, 9.17) is 21.7 Å². The summed E-state index contributed by atoms with van der Waals surface area (Å²) < 4.78 is 11.5. The second-order valence-electron chi connectivity index (χ2n) is 8.05. The van der Waals surface area contributed by atoms with Crippen molar-refractivity contribution in [3.63, 3.8) is 0 Å². The molecule has 3 aromatic carbocycles. The van der Waals surface area contributed by atoms with Crippen LogP contribution in [0.15, 0.2) is 76.8 Å². The van der Waals surface area contributed by atoms with Crippen molar-refractivity contribution in [2.45, 2.75) is 0 Å². The van der Waals surface area contributed by atoms with E-state index in [1.807, 2.05) is 6.07 Å². The zero-order valence-corrected chi connectivity index (χ0v) is 22.7. The summed E-state index contributed by atoms with van der Waals surface area (Å²) in [5.74, 6) is -2.52. The van der Waals surface area contributed by atoms with Crippen molar-refractivity contribution in [3.05, 3.63) is 87.9 Å². The number of thiocarbonyl (C=S) groups is 1. The van der Waals surface area contributed by atoms with Gasteiger partial charge in [-0.25, -0.2) is 4.79 Å². The fraction of sp³-hybridized carbons (Fsp3) is 0.0741. The number of rotatable bonds is 8. The summed E-state index contributed by atoms with van der Waals surface area (Å²) in [5.41, 5.74) is 0.927. The van der Waals surface area contributed by atoms with E-state index in [9.17, 15) is 24.3 Å². The van der Waals surface area contributed by atoms with Crippen LogP contribution in [0.4, 0.5) is 11.4 Å².